The minimum absolute atomic E-state index is 0.760. The van der Waals surface area contributed by atoms with E-state index in [-0.39, 0.29) is 0 Å². The lowest BCUT2D eigenvalue weighted by Gasteiger charge is -2.28. The molecule has 5 unspecified atom stereocenters. The van der Waals surface area contributed by atoms with Crippen LogP contribution >= 0.6 is 0 Å². The average molecular weight is 871 g/mol. The third-order valence-electron chi connectivity index (χ3n) is 16.7. The van der Waals surface area contributed by atoms with E-state index >= 15 is 0 Å². The van der Waals surface area contributed by atoms with E-state index < -0.39 is 0 Å². The maximum atomic E-state index is 2.38. The Morgan fingerprint density at radius 2 is 0.800 bits per heavy atom. The third kappa shape index (κ3) is 13.4. The molecule has 0 bridgehead atoms. The van der Waals surface area contributed by atoms with E-state index in [9.17, 15) is 0 Å². The standard InChI is InChI=1S/C14H20.3C13H18.C12H16/c1-11(2)12-7-9-13-5-3-4-6-14(13)10-8-12;1-9(2)13-8-11-6-4-5-7-12(11)10(13)3;1-9(2)13-10(3)8-11-6-4-5-7-12(11)13;1-10(2)12-9-5-7-11-6-3-4-8-13(11)12;1-9(2)12-7-10-5-3-4-6-11(10)8-12/h3-6,11-12H,7-10H2,1-2H3;2*4-7,9-10,13H,8H2,1-3H3;3-4,6,8,10,12H,5,7,9H2,1-2H3;3-6,9,12H,7-8H2,1-2H3. The van der Waals surface area contributed by atoms with Gasteiger partial charge in [-0.05, 0) is 197 Å². The normalized spacial score (nSPS) is 21.9. The predicted octanol–water partition coefficient (Wildman–Crippen LogP) is 17.9. The van der Waals surface area contributed by atoms with Gasteiger partial charge in [0.15, 0.2) is 0 Å². The third-order valence-corrected chi connectivity index (χ3v) is 16.7. The molecule has 0 saturated heterocycles. The fourth-order valence-corrected chi connectivity index (χ4v) is 12.6. The van der Waals surface area contributed by atoms with Gasteiger partial charge in [0.2, 0.25) is 0 Å². The highest BCUT2D eigenvalue weighted by Crippen LogP contribution is 2.43. The molecule has 65 heavy (non-hydrogen) atoms. The Bertz CT molecular complexity index is 2130. The molecule has 5 aliphatic rings. The Morgan fingerprint density at radius 3 is 1.28 bits per heavy atom. The lowest BCUT2D eigenvalue weighted by molar-refractivity contribution is 0.345. The number of rotatable bonds is 5. The van der Waals surface area contributed by atoms with Crippen molar-refractivity contribution in [2.75, 3.05) is 0 Å². The van der Waals surface area contributed by atoms with Crippen LogP contribution in [-0.4, -0.2) is 0 Å². The monoisotopic (exact) mass is 871 g/mol. The molecule has 0 heteroatoms. The van der Waals surface area contributed by atoms with Crippen molar-refractivity contribution in [3.05, 3.63) is 177 Å². The van der Waals surface area contributed by atoms with Gasteiger partial charge in [0.25, 0.3) is 0 Å². The summed E-state index contributed by atoms with van der Waals surface area (Å²) in [4.78, 5) is 0. The molecule has 5 aromatic carbocycles. The Hall–Kier alpha value is -3.90. The molecule has 0 fully saturated rings. The molecule has 10 rings (SSSR count). The summed E-state index contributed by atoms with van der Waals surface area (Å²) in [6.45, 7) is 28.2. The van der Waals surface area contributed by atoms with Gasteiger partial charge in [-0.3, -0.25) is 0 Å². The molecule has 0 saturated carbocycles. The summed E-state index contributed by atoms with van der Waals surface area (Å²) in [5.41, 5.74) is 15.9. The van der Waals surface area contributed by atoms with Gasteiger partial charge in [-0.1, -0.05) is 204 Å². The van der Waals surface area contributed by atoms with Crippen molar-refractivity contribution in [2.24, 2.45) is 53.3 Å². The first-order valence-electron chi connectivity index (χ1n) is 26.6. The molecule has 5 aromatic rings. The van der Waals surface area contributed by atoms with Gasteiger partial charge < -0.3 is 0 Å². The van der Waals surface area contributed by atoms with Crippen molar-refractivity contribution in [2.45, 2.75) is 171 Å². The van der Waals surface area contributed by atoms with Crippen molar-refractivity contribution in [3.8, 4) is 0 Å². The van der Waals surface area contributed by atoms with Crippen molar-refractivity contribution >= 4 is 0 Å². The van der Waals surface area contributed by atoms with Gasteiger partial charge in [-0.15, -0.1) is 0 Å². The van der Waals surface area contributed by atoms with Crippen LogP contribution < -0.4 is 0 Å². The van der Waals surface area contributed by atoms with Crippen molar-refractivity contribution < 1.29 is 0 Å². The quantitative estimate of drug-likeness (QED) is 0.154. The van der Waals surface area contributed by atoms with Gasteiger partial charge >= 0.3 is 0 Å². The Morgan fingerprint density at radius 1 is 0.354 bits per heavy atom. The molecule has 0 heterocycles. The summed E-state index contributed by atoms with van der Waals surface area (Å²) in [6, 6.07) is 44.6. The second-order valence-corrected chi connectivity index (χ2v) is 22.7. The zero-order chi connectivity index (χ0) is 46.6. The van der Waals surface area contributed by atoms with Crippen LogP contribution in [0.5, 0.6) is 0 Å². The lowest BCUT2D eigenvalue weighted by Crippen LogP contribution is -2.14. The summed E-state index contributed by atoms with van der Waals surface area (Å²) in [5, 5.41) is 0. The number of hydrogen-bond acceptors (Lipinski definition) is 0. The first-order valence-corrected chi connectivity index (χ1v) is 26.6. The highest BCUT2D eigenvalue weighted by atomic mass is 14.4. The van der Waals surface area contributed by atoms with E-state index in [0.717, 1.165) is 71.0 Å². The molecule has 0 amide bonds. The zero-order valence-electron chi connectivity index (χ0n) is 43.3. The van der Waals surface area contributed by atoms with Gasteiger partial charge in [-0.25, -0.2) is 0 Å². The fourth-order valence-electron chi connectivity index (χ4n) is 12.6. The smallest absolute Gasteiger partial charge is 0.0107 e. The van der Waals surface area contributed by atoms with Gasteiger partial charge in [0.1, 0.15) is 0 Å². The van der Waals surface area contributed by atoms with E-state index in [4.69, 9.17) is 0 Å². The van der Waals surface area contributed by atoms with Crippen LogP contribution in [-0.2, 0) is 44.9 Å². The van der Waals surface area contributed by atoms with E-state index in [1.165, 1.54) is 70.6 Å². The van der Waals surface area contributed by atoms with E-state index in [0.29, 0.717) is 0 Å². The lowest BCUT2D eigenvalue weighted by atomic mass is 9.77. The van der Waals surface area contributed by atoms with Crippen LogP contribution in [0.2, 0.25) is 0 Å². The maximum Gasteiger partial charge on any atom is -0.0107 e. The number of aryl methyl sites for hydroxylation is 3. The minimum Gasteiger partial charge on any atom is -0.0625 e. The summed E-state index contributed by atoms with van der Waals surface area (Å²) in [6.07, 6.45) is 14.6. The molecule has 5 aliphatic carbocycles. The molecule has 0 aromatic heterocycles. The van der Waals surface area contributed by atoms with Gasteiger partial charge in [-0.2, -0.15) is 0 Å². The topological polar surface area (TPSA) is 0 Å². The van der Waals surface area contributed by atoms with E-state index in [1.807, 2.05) is 0 Å². The van der Waals surface area contributed by atoms with E-state index in [1.54, 1.807) is 55.6 Å². The van der Waals surface area contributed by atoms with Crippen LogP contribution in [0.4, 0.5) is 0 Å². The summed E-state index contributed by atoms with van der Waals surface area (Å²) >= 11 is 0. The first-order chi connectivity index (χ1) is 31.2. The largest absolute Gasteiger partial charge is 0.0625 e. The molecule has 0 spiro atoms. The molecule has 5 atom stereocenters. The Balaban J connectivity index is 0.000000135. The maximum absolute atomic E-state index is 2.38. The molecule has 0 nitrogen and oxygen atoms in total. The van der Waals surface area contributed by atoms with Crippen LogP contribution in [0, 0.1) is 53.3 Å². The minimum atomic E-state index is 0.760. The van der Waals surface area contributed by atoms with Crippen LogP contribution in [0.15, 0.2) is 121 Å². The Labute approximate surface area is 399 Å². The van der Waals surface area contributed by atoms with Crippen LogP contribution in [0.3, 0.4) is 0 Å². The van der Waals surface area contributed by atoms with E-state index in [2.05, 4.69) is 204 Å². The number of benzene rings is 5. The molecular formula is C65H90. The fraction of sp³-hybridized carbons (Fsp3) is 0.538. The summed E-state index contributed by atoms with van der Waals surface area (Å²) in [7, 11) is 0. The zero-order valence-corrected chi connectivity index (χ0v) is 43.3. The molecular weight excluding hydrogens is 781 g/mol. The summed E-state index contributed by atoms with van der Waals surface area (Å²) in [5.74, 6) is 9.93. The SMILES string of the molecule is CC(C)C1CCCc2ccccc21.CC(C)C1CCc2ccccc2CC1.CC(C)C1Cc2ccccc2C1.CC(C)C1Cc2ccccc2C1C.CC(C)C1c2ccccc2CC1C. The number of hydrogen-bond donors (Lipinski definition) is 0. The predicted molar refractivity (Wildman–Crippen MR) is 284 cm³/mol. The highest BCUT2D eigenvalue weighted by Gasteiger charge is 2.32. The van der Waals surface area contributed by atoms with Gasteiger partial charge in [0, 0.05) is 0 Å². The van der Waals surface area contributed by atoms with Crippen LogP contribution in [0.1, 0.15) is 182 Å². The second-order valence-electron chi connectivity index (χ2n) is 22.7. The van der Waals surface area contributed by atoms with Crippen molar-refractivity contribution in [1.29, 1.82) is 0 Å². The average Bonchev–Trinajstić information content (AvgIpc) is 3.95. The molecule has 0 aliphatic heterocycles. The van der Waals surface area contributed by atoms with Crippen molar-refractivity contribution in [3.63, 3.8) is 0 Å². The first kappa shape index (κ1) is 50.5. The Kier molecular flexibility index (Phi) is 18.8. The van der Waals surface area contributed by atoms with Crippen molar-refractivity contribution in [1.82, 2.24) is 0 Å². The molecule has 0 N–H and O–H groups in total. The second kappa shape index (κ2) is 24.2. The number of fused-ring (bicyclic) bond motifs is 5. The van der Waals surface area contributed by atoms with Gasteiger partial charge in [0.05, 0.1) is 0 Å². The van der Waals surface area contributed by atoms with Crippen LogP contribution in [0.25, 0.3) is 0 Å². The highest BCUT2D eigenvalue weighted by molar-refractivity contribution is 5.38. The molecule has 0 radical (unpaired) electrons. The summed E-state index contributed by atoms with van der Waals surface area (Å²) < 4.78 is 0. The molecule has 350 valence electrons.